The van der Waals surface area contributed by atoms with Crippen LogP contribution in [0.25, 0.3) is 10.9 Å². The number of likely N-dealkylation sites (tertiary alicyclic amines) is 1. The van der Waals surface area contributed by atoms with Crippen LogP contribution in [0.3, 0.4) is 0 Å². The number of nitrogens with zero attached hydrogens (tertiary/aromatic N) is 8. The summed E-state index contributed by atoms with van der Waals surface area (Å²) in [5.41, 5.74) is 3.01. The first-order valence-corrected chi connectivity index (χ1v) is 14.1. The SMILES string of the molecule is CNc1ccc(N2CCOCC2)nc1.O=CN1CCC(c2ncnc3cc(OCCCn4cnnc4)ccc23)CC1. The Bertz CT molecular complexity index is 1350. The highest BCUT2D eigenvalue weighted by Crippen LogP contribution is 2.31. The number of nitrogens with one attached hydrogen (secondary N) is 1. The number of benzene rings is 1. The molecule has 0 bridgehead atoms. The molecule has 41 heavy (non-hydrogen) atoms. The minimum absolute atomic E-state index is 0.363. The molecular formula is C29H37N9O3. The maximum absolute atomic E-state index is 10.9. The van der Waals surface area contributed by atoms with E-state index in [4.69, 9.17) is 9.47 Å². The molecule has 2 aliphatic heterocycles. The predicted molar refractivity (Wildman–Crippen MR) is 156 cm³/mol. The number of hydrogen-bond acceptors (Lipinski definition) is 10. The zero-order valence-corrected chi connectivity index (χ0v) is 23.4. The van der Waals surface area contributed by atoms with Gasteiger partial charge in [0, 0.05) is 57.1 Å². The minimum Gasteiger partial charge on any atom is -0.493 e. The maximum atomic E-state index is 10.9. The lowest BCUT2D eigenvalue weighted by molar-refractivity contribution is -0.119. The van der Waals surface area contributed by atoms with Crippen molar-refractivity contribution in [2.75, 3.05) is 63.3 Å². The Morgan fingerprint density at radius 2 is 1.83 bits per heavy atom. The summed E-state index contributed by atoms with van der Waals surface area (Å²) < 4.78 is 13.1. The molecule has 0 saturated carbocycles. The molecule has 0 atom stereocenters. The van der Waals surface area contributed by atoms with E-state index in [1.165, 1.54) is 0 Å². The summed E-state index contributed by atoms with van der Waals surface area (Å²) in [6.45, 7) is 6.49. The van der Waals surface area contributed by atoms with Gasteiger partial charge in [-0.25, -0.2) is 15.0 Å². The molecule has 3 aromatic heterocycles. The summed E-state index contributed by atoms with van der Waals surface area (Å²) in [5, 5.41) is 11.7. The summed E-state index contributed by atoms with van der Waals surface area (Å²) in [7, 11) is 1.89. The van der Waals surface area contributed by atoms with E-state index in [1.54, 1.807) is 19.0 Å². The van der Waals surface area contributed by atoms with E-state index >= 15 is 0 Å². The number of morpholine rings is 1. The molecule has 0 spiro atoms. The molecule has 2 aliphatic rings. The lowest BCUT2D eigenvalue weighted by atomic mass is 9.91. The Hall–Kier alpha value is -4.32. The van der Waals surface area contributed by atoms with Crippen LogP contribution in [0.2, 0.25) is 0 Å². The Balaban J connectivity index is 0.000000202. The van der Waals surface area contributed by atoms with Gasteiger partial charge in [0.15, 0.2) is 0 Å². The van der Waals surface area contributed by atoms with Crippen LogP contribution >= 0.6 is 0 Å². The van der Waals surface area contributed by atoms with Crippen LogP contribution in [-0.2, 0) is 16.1 Å². The van der Waals surface area contributed by atoms with Crippen molar-refractivity contribution in [3.63, 3.8) is 0 Å². The van der Waals surface area contributed by atoms with Gasteiger partial charge in [-0.2, -0.15) is 0 Å². The topological polar surface area (TPSA) is 123 Å². The molecule has 1 aromatic carbocycles. The first-order chi connectivity index (χ1) is 20.2. The zero-order valence-electron chi connectivity index (χ0n) is 23.4. The third-order valence-corrected chi connectivity index (χ3v) is 7.37. The zero-order chi connectivity index (χ0) is 28.3. The van der Waals surface area contributed by atoms with Gasteiger partial charge in [-0.3, -0.25) is 4.79 Å². The molecule has 0 radical (unpaired) electrons. The highest BCUT2D eigenvalue weighted by atomic mass is 16.5. The number of fused-ring (bicyclic) bond motifs is 1. The highest BCUT2D eigenvalue weighted by molar-refractivity contribution is 5.82. The van der Waals surface area contributed by atoms with Gasteiger partial charge >= 0.3 is 0 Å². The molecule has 5 heterocycles. The fraction of sp³-hybridized carbons (Fsp3) is 0.448. The van der Waals surface area contributed by atoms with E-state index in [0.717, 1.165) is 105 Å². The summed E-state index contributed by atoms with van der Waals surface area (Å²) in [6.07, 6.45) is 10.6. The first-order valence-electron chi connectivity index (χ1n) is 14.1. The van der Waals surface area contributed by atoms with Crippen molar-refractivity contribution in [2.45, 2.75) is 31.7 Å². The van der Waals surface area contributed by atoms with Crippen LogP contribution in [0, 0.1) is 0 Å². The van der Waals surface area contributed by atoms with Crippen molar-refractivity contribution in [2.24, 2.45) is 0 Å². The van der Waals surface area contributed by atoms with Crippen molar-refractivity contribution in [1.82, 2.24) is 34.6 Å². The van der Waals surface area contributed by atoms with Crippen LogP contribution in [0.4, 0.5) is 11.5 Å². The quantitative estimate of drug-likeness (QED) is 0.242. The van der Waals surface area contributed by atoms with E-state index in [1.807, 2.05) is 53.0 Å². The van der Waals surface area contributed by atoms with Gasteiger partial charge in [0.1, 0.15) is 30.5 Å². The standard InChI is InChI=1S/C19H22N6O2.C10H15N3O/c26-14-24-7-4-15(5-8-24)19-17-3-2-16(10-18(17)20-11-21-19)27-9-1-6-25-12-22-23-13-25;1-11-9-2-3-10(12-8-9)13-4-6-14-7-5-13/h2-3,10-15H,1,4-9H2;2-3,8,11H,4-7H2,1H3. The number of piperidine rings is 1. The van der Waals surface area contributed by atoms with E-state index in [9.17, 15) is 4.79 Å². The third-order valence-electron chi connectivity index (χ3n) is 7.37. The van der Waals surface area contributed by atoms with Crippen LogP contribution in [0.1, 0.15) is 30.9 Å². The van der Waals surface area contributed by atoms with Crippen molar-refractivity contribution in [3.05, 3.63) is 61.2 Å². The number of carbonyl (C=O) groups excluding carboxylic acids is 1. The van der Waals surface area contributed by atoms with E-state index in [0.29, 0.717) is 12.5 Å². The molecule has 1 amide bonds. The maximum Gasteiger partial charge on any atom is 0.209 e. The molecule has 6 rings (SSSR count). The number of rotatable bonds is 9. The molecule has 4 aromatic rings. The molecule has 216 valence electrons. The van der Waals surface area contributed by atoms with E-state index in [2.05, 4.69) is 35.4 Å². The van der Waals surface area contributed by atoms with Crippen LogP contribution in [0.5, 0.6) is 5.75 Å². The molecule has 0 unspecified atom stereocenters. The van der Waals surface area contributed by atoms with Gasteiger partial charge in [0.05, 0.1) is 42.9 Å². The fourth-order valence-corrected chi connectivity index (χ4v) is 5.04. The molecule has 1 N–H and O–H groups in total. The van der Waals surface area contributed by atoms with Gasteiger partial charge in [-0.05, 0) is 43.5 Å². The average Bonchev–Trinajstić information content (AvgIpc) is 3.57. The number of carbonyl (C=O) groups is 1. The van der Waals surface area contributed by atoms with Crippen LogP contribution < -0.4 is 15.0 Å². The smallest absolute Gasteiger partial charge is 0.209 e. The average molecular weight is 560 g/mol. The second kappa shape index (κ2) is 14.4. The molecule has 12 nitrogen and oxygen atoms in total. The van der Waals surface area contributed by atoms with Crippen LogP contribution in [-0.4, -0.2) is 94.1 Å². The minimum atomic E-state index is 0.363. The predicted octanol–water partition coefficient (Wildman–Crippen LogP) is 2.99. The monoisotopic (exact) mass is 559 g/mol. The lowest BCUT2D eigenvalue weighted by Gasteiger charge is -2.29. The summed E-state index contributed by atoms with van der Waals surface area (Å²) in [5.74, 6) is 2.21. The number of aromatic nitrogens is 6. The van der Waals surface area contributed by atoms with Crippen molar-refractivity contribution >= 4 is 28.8 Å². The number of amides is 1. The summed E-state index contributed by atoms with van der Waals surface area (Å²) in [4.78, 5) is 28.3. The van der Waals surface area contributed by atoms with E-state index < -0.39 is 0 Å². The highest BCUT2D eigenvalue weighted by Gasteiger charge is 2.22. The molecule has 2 fully saturated rings. The molecule has 0 aliphatic carbocycles. The van der Waals surface area contributed by atoms with E-state index in [-0.39, 0.29) is 0 Å². The Morgan fingerprint density at radius 1 is 1.02 bits per heavy atom. The van der Waals surface area contributed by atoms with Gasteiger partial charge in [0.2, 0.25) is 6.41 Å². The number of aryl methyl sites for hydroxylation is 1. The van der Waals surface area contributed by atoms with Crippen molar-refractivity contribution < 1.29 is 14.3 Å². The first kappa shape index (κ1) is 28.2. The Labute approximate surface area is 239 Å². The Kier molecular flexibility index (Phi) is 9.88. The molecule has 12 heteroatoms. The van der Waals surface area contributed by atoms with Gasteiger partial charge in [-0.15, -0.1) is 10.2 Å². The summed E-state index contributed by atoms with van der Waals surface area (Å²) >= 11 is 0. The van der Waals surface area contributed by atoms with Gasteiger partial charge in [0.25, 0.3) is 0 Å². The van der Waals surface area contributed by atoms with Crippen molar-refractivity contribution in [1.29, 1.82) is 0 Å². The number of hydrogen-bond donors (Lipinski definition) is 1. The largest absolute Gasteiger partial charge is 0.493 e. The fourth-order valence-electron chi connectivity index (χ4n) is 5.04. The molecular weight excluding hydrogens is 522 g/mol. The Morgan fingerprint density at radius 3 is 2.54 bits per heavy atom. The van der Waals surface area contributed by atoms with Crippen molar-refractivity contribution in [3.8, 4) is 5.75 Å². The third kappa shape index (κ3) is 7.66. The number of ether oxygens (including phenoxy) is 2. The molecule has 2 saturated heterocycles. The van der Waals surface area contributed by atoms with Gasteiger partial charge in [-0.1, -0.05) is 0 Å². The van der Waals surface area contributed by atoms with Crippen LogP contribution in [0.15, 0.2) is 55.5 Å². The lowest BCUT2D eigenvalue weighted by Crippen LogP contribution is -2.36. The normalized spacial score (nSPS) is 15.7. The summed E-state index contributed by atoms with van der Waals surface area (Å²) in [6, 6.07) is 10.1. The van der Waals surface area contributed by atoms with Gasteiger partial charge < -0.3 is 29.2 Å². The number of anilines is 2. The second-order valence-electron chi connectivity index (χ2n) is 10.0. The second-order valence-corrected chi connectivity index (χ2v) is 10.0. The number of pyridine rings is 1.